The van der Waals surface area contributed by atoms with Gasteiger partial charge in [0.05, 0.1) is 16.7 Å². The van der Waals surface area contributed by atoms with Crippen LogP contribution in [0.3, 0.4) is 0 Å². The molecule has 4 aromatic rings. The number of anilines is 2. The second-order valence-electron chi connectivity index (χ2n) is 6.60. The highest BCUT2D eigenvalue weighted by atomic mass is 16.5. The lowest BCUT2D eigenvalue weighted by molar-refractivity contribution is 0.262. The lowest BCUT2D eigenvalue weighted by Crippen LogP contribution is -2.20. The summed E-state index contributed by atoms with van der Waals surface area (Å²) in [6.07, 6.45) is 0. The van der Waals surface area contributed by atoms with Gasteiger partial charge in [0, 0.05) is 25.8 Å². The van der Waals surface area contributed by atoms with Crippen LogP contribution in [-0.4, -0.2) is 15.2 Å². The summed E-state index contributed by atoms with van der Waals surface area (Å²) >= 11 is 0. The number of aromatic nitrogens is 2. The largest absolute Gasteiger partial charge is 0.455 e. The molecule has 0 atom stereocenters. The second-order valence-corrected chi connectivity index (χ2v) is 6.60. The van der Waals surface area contributed by atoms with Gasteiger partial charge in [0.25, 0.3) is 0 Å². The normalized spacial score (nSPS) is 10.7. The molecule has 2 N–H and O–H groups in total. The van der Waals surface area contributed by atoms with E-state index < -0.39 is 6.03 Å². The van der Waals surface area contributed by atoms with Gasteiger partial charge in [0.2, 0.25) is 0 Å². The summed E-state index contributed by atoms with van der Waals surface area (Å²) in [4.78, 5) is 24.8. The van der Waals surface area contributed by atoms with Crippen LogP contribution in [0, 0.1) is 0 Å². The highest BCUT2D eigenvalue weighted by Crippen LogP contribution is 2.33. The zero-order valence-corrected chi connectivity index (χ0v) is 16.0. The van der Waals surface area contributed by atoms with Crippen LogP contribution in [0.25, 0.3) is 11.0 Å². The van der Waals surface area contributed by atoms with Crippen molar-refractivity contribution in [2.24, 2.45) is 14.1 Å². The average Bonchev–Trinajstić information content (AvgIpc) is 2.93. The number of benzene rings is 3. The van der Waals surface area contributed by atoms with Crippen molar-refractivity contribution in [1.29, 1.82) is 0 Å². The molecule has 0 aliphatic carbocycles. The van der Waals surface area contributed by atoms with Crippen LogP contribution < -0.4 is 21.1 Å². The number of fused-ring (bicyclic) bond motifs is 1. The van der Waals surface area contributed by atoms with Gasteiger partial charge >= 0.3 is 11.7 Å². The van der Waals surface area contributed by atoms with Crippen molar-refractivity contribution >= 4 is 28.4 Å². The summed E-state index contributed by atoms with van der Waals surface area (Å²) in [5, 5.41) is 5.61. The van der Waals surface area contributed by atoms with E-state index in [1.807, 2.05) is 48.5 Å². The van der Waals surface area contributed by atoms with Crippen molar-refractivity contribution in [3.05, 3.63) is 83.3 Å². The molecule has 146 valence electrons. The van der Waals surface area contributed by atoms with Crippen LogP contribution >= 0.6 is 0 Å². The molecule has 0 aliphatic heterocycles. The summed E-state index contributed by atoms with van der Waals surface area (Å²) in [5.41, 5.74) is 2.36. The first kappa shape index (κ1) is 18.4. The van der Waals surface area contributed by atoms with Crippen molar-refractivity contribution in [3.8, 4) is 11.5 Å². The number of carbonyl (C=O) groups excluding carboxylic acids is 1. The Balaban J connectivity index is 1.73. The zero-order valence-electron chi connectivity index (χ0n) is 16.0. The second kappa shape index (κ2) is 7.55. The number of hydrogen-bond acceptors (Lipinski definition) is 3. The van der Waals surface area contributed by atoms with E-state index in [0.717, 1.165) is 0 Å². The van der Waals surface area contributed by atoms with E-state index in [4.69, 9.17) is 4.74 Å². The number of rotatable bonds is 4. The lowest BCUT2D eigenvalue weighted by atomic mass is 10.2. The third-order valence-electron chi connectivity index (χ3n) is 4.62. The van der Waals surface area contributed by atoms with E-state index in [-0.39, 0.29) is 5.69 Å². The van der Waals surface area contributed by atoms with Crippen LogP contribution in [0.2, 0.25) is 0 Å². The number of carbonyl (C=O) groups is 1. The molecule has 1 heterocycles. The highest BCUT2D eigenvalue weighted by molar-refractivity contribution is 6.02. The number of imidazole rings is 1. The molecule has 1 aromatic heterocycles. The van der Waals surface area contributed by atoms with Gasteiger partial charge < -0.3 is 15.4 Å². The molecule has 0 aliphatic rings. The Labute approximate surface area is 167 Å². The fourth-order valence-electron chi connectivity index (χ4n) is 3.13. The van der Waals surface area contributed by atoms with Gasteiger partial charge in [0.15, 0.2) is 5.75 Å². The topological polar surface area (TPSA) is 77.3 Å². The Hall–Kier alpha value is -4.00. The van der Waals surface area contributed by atoms with Crippen LogP contribution in [0.15, 0.2) is 77.6 Å². The molecule has 29 heavy (non-hydrogen) atoms. The summed E-state index contributed by atoms with van der Waals surface area (Å²) in [6, 6.07) is 21.5. The highest BCUT2D eigenvalue weighted by Gasteiger charge is 2.16. The molecule has 3 aromatic carbocycles. The van der Waals surface area contributed by atoms with Gasteiger partial charge in [-0.2, -0.15) is 0 Å². The smallest absolute Gasteiger partial charge is 0.328 e. The van der Waals surface area contributed by atoms with Crippen LogP contribution in [-0.2, 0) is 14.1 Å². The lowest BCUT2D eigenvalue weighted by Gasteiger charge is -2.14. The monoisotopic (exact) mass is 388 g/mol. The molecule has 0 saturated heterocycles. The summed E-state index contributed by atoms with van der Waals surface area (Å²) in [7, 11) is 3.39. The number of hydrogen-bond donors (Lipinski definition) is 2. The minimum Gasteiger partial charge on any atom is -0.455 e. The fourth-order valence-corrected chi connectivity index (χ4v) is 3.13. The molecule has 7 heteroatoms. The van der Waals surface area contributed by atoms with Gasteiger partial charge in [0.1, 0.15) is 5.75 Å². The van der Waals surface area contributed by atoms with Crippen molar-refractivity contribution < 1.29 is 9.53 Å². The number of aryl methyl sites for hydroxylation is 2. The number of urea groups is 1. The van der Waals surface area contributed by atoms with E-state index in [9.17, 15) is 9.59 Å². The number of amides is 2. The van der Waals surface area contributed by atoms with E-state index in [1.54, 1.807) is 42.9 Å². The standard InChI is InChI=1S/C22H20N4O3/c1-25-18-13-17(24-21(27)23-15-9-5-3-6-10-15)20(14-19(18)26(2)22(25)28)29-16-11-7-4-8-12-16/h3-14H,1-2H3,(H2,23,24,27). The summed E-state index contributed by atoms with van der Waals surface area (Å²) in [6.45, 7) is 0. The number of nitrogens with one attached hydrogen (secondary N) is 2. The molecule has 0 fully saturated rings. The third-order valence-corrected chi connectivity index (χ3v) is 4.62. The van der Waals surface area contributed by atoms with Crippen LogP contribution in [0.5, 0.6) is 11.5 Å². The third kappa shape index (κ3) is 3.70. The maximum atomic E-state index is 12.5. The number of nitrogens with zero attached hydrogens (tertiary/aromatic N) is 2. The SMILES string of the molecule is Cn1c(=O)n(C)c2cc(Oc3ccccc3)c(NC(=O)Nc3ccccc3)cc21. The summed E-state index contributed by atoms with van der Waals surface area (Å²) < 4.78 is 9.08. The Morgan fingerprint density at radius 3 is 2.07 bits per heavy atom. The van der Waals surface area contributed by atoms with Crippen LogP contribution in [0.1, 0.15) is 0 Å². The van der Waals surface area contributed by atoms with E-state index in [0.29, 0.717) is 33.9 Å². The first-order valence-electron chi connectivity index (χ1n) is 9.08. The molecular weight excluding hydrogens is 368 g/mol. The van der Waals surface area contributed by atoms with Gasteiger partial charge in [-0.1, -0.05) is 36.4 Å². The Morgan fingerprint density at radius 1 is 0.828 bits per heavy atom. The molecular formula is C22H20N4O3. The predicted molar refractivity (Wildman–Crippen MR) is 114 cm³/mol. The molecule has 0 radical (unpaired) electrons. The van der Waals surface area contributed by atoms with E-state index in [1.165, 1.54) is 4.57 Å². The maximum absolute atomic E-state index is 12.5. The molecule has 0 unspecified atom stereocenters. The zero-order chi connectivity index (χ0) is 20.4. The van der Waals surface area contributed by atoms with Crippen molar-refractivity contribution in [2.75, 3.05) is 10.6 Å². The van der Waals surface area contributed by atoms with Gasteiger partial charge in [-0.25, -0.2) is 9.59 Å². The van der Waals surface area contributed by atoms with E-state index in [2.05, 4.69) is 10.6 Å². The molecule has 0 bridgehead atoms. The van der Waals surface area contributed by atoms with Gasteiger partial charge in [-0.15, -0.1) is 0 Å². The Morgan fingerprint density at radius 2 is 1.41 bits per heavy atom. The molecule has 0 saturated carbocycles. The fraction of sp³-hybridized carbons (Fsp3) is 0.0909. The Bertz CT molecular complexity index is 1230. The quantitative estimate of drug-likeness (QED) is 0.547. The average molecular weight is 388 g/mol. The van der Waals surface area contributed by atoms with Gasteiger partial charge in [-0.3, -0.25) is 9.13 Å². The number of ether oxygens (including phenoxy) is 1. The van der Waals surface area contributed by atoms with Crippen molar-refractivity contribution in [3.63, 3.8) is 0 Å². The molecule has 4 rings (SSSR count). The van der Waals surface area contributed by atoms with Crippen LogP contribution in [0.4, 0.5) is 16.2 Å². The first-order valence-corrected chi connectivity index (χ1v) is 9.08. The van der Waals surface area contributed by atoms with E-state index >= 15 is 0 Å². The molecule has 2 amide bonds. The minimum absolute atomic E-state index is 0.156. The summed E-state index contributed by atoms with van der Waals surface area (Å²) in [5.74, 6) is 1.06. The molecule has 7 nitrogen and oxygen atoms in total. The van der Waals surface area contributed by atoms with Crippen molar-refractivity contribution in [1.82, 2.24) is 9.13 Å². The van der Waals surface area contributed by atoms with Crippen molar-refractivity contribution in [2.45, 2.75) is 0 Å². The van der Waals surface area contributed by atoms with Gasteiger partial charge in [-0.05, 0) is 30.3 Å². The maximum Gasteiger partial charge on any atom is 0.328 e. The molecule has 0 spiro atoms. The number of para-hydroxylation sites is 2. The first-order chi connectivity index (χ1) is 14.0. The minimum atomic E-state index is -0.408. The Kier molecular flexibility index (Phi) is 4.78. The predicted octanol–water partition coefficient (Wildman–Crippen LogP) is 4.31.